The molecular formula is C5H9NO2. The molecule has 1 aliphatic carbocycles. The Hall–Kier alpha value is -0.570. The maximum atomic E-state index is 9.72. The number of carbonyl (C=O) groups is 1. The Bertz CT molecular complexity index is 94.4. The largest absolute Gasteiger partial charge is 0.396 e. The van der Waals surface area contributed by atoms with Crippen molar-refractivity contribution in [2.24, 2.45) is 5.92 Å². The first-order chi connectivity index (χ1) is 3.88. The van der Waals surface area contributed by atoms with Crippen molar-refractivity contribution in [2.45, 2.75) is 12.5 Å². The van der Waals surface area contributed by atoms with Gasteiger partial charge in [0.15, 0.2) is 0 Å². The second-order valence-corrected chi connectivity index (χ2v) is 2.07. The van der Waals surface area contributed by atoms with Gasteiger partial charge in [-0.3, -0.25) is 4.79 Å². The van der Waals surface area contributed by atoms with E-state index in [0.29, 0.717) is 12.3 Å². The molecule has 0 spiro atoms. The Balaban J connectivity index is 2.07. The summed E-state index contributed by atoms with van der Waals surface area (Å²) < 4.78 is 0. The molecule has 0 aliphatic heterocycles. The van der Waals surface area contributed by atoms with E-state index < -0.39 is 0 Å². The normalized spacial score (nSPS) is 34.1. The number of carbonyl (C=O) groups excluding carboxylic acids is 1. The van der Waals surface area contributed by atoms with Crippen LogP contribution in [-0.2, 0) is 4.79 Å². The molecule has 0 radical (unpaired) electrons. The summed E-state index contributed by atoms with van der Waals surface area (Å²) in [6.45, 7) is 0.200. The lowest BCUT2D eigenvalue weighted by atomic mass is 10.4. The highest BCUT2D eigenvalue weighted by Gasteiger charge is 2.35. The molecule has 0 aromatic carbocycles. The van der Waals surface area contributed by atoms with Crippen molar-refractivity contribution in [1.29, 1.82) is 0 Å². The van der Waals surface area contributed by atoms with Crippen LogP contribution in [0.4, 0.5) is 0 Å². The van der Waals surface area contributed by atoms with Gasteiger partial charge < -0.3 is 10.4 Å². The lowest BCUT2D eigenvalue weighted by Gasteiger charge is -1.89. The van der Waals surface area contributed by atoms with Crippen LogP contribution >= 0.6 is 0 Å². The lowest BCUT2D eigenvalue weighted by Crippen LogP contribution is -2.16. The molecule has 1 amide bonds. The fourth-order valence-corrected chi connectivity index (χ4v) is 0.741. The molecule has 2 atom stereocenters. The highest BCUT2D eigenvalue weighted by atomic mass is 16.3. The van der Waals surface area contributed by atoms with Gasteiger partial charge in [0, 0.05) is 18.6 Å². The third-order valence-electron chi connectivity index (χ3n) is 1.44. The van der Waals surface area contributed by atoms with E-state index in [-0.39, 0.29) is 12.6 Å². The van der Waals surface area contributed by atoms with Gasteiger partial charge in [0.25, 0.3) is 0 Å². The summed E-state index contributed by atoms with van der Waals surface area (Å²) in [5.41, 5.74) is 0. The Morgan fingerprint density at radius 1 is 1.88 bits per heavy atom. The van der Waals surface area contributed by atoms with E-state index in [1.165, 1.54) is 0 Å². The van der Waals surface area contributed by atoms with E-state index in [2.05, 4.69) is 5.32 Å². The van der Waals surface area contributed by atoms with E-state index in [1.807, 2.05) is 0 Å². The minimum absolute atomic E-state index is 0.200. The Morgan fingerprint density at radius 3 is 3.00 bits per heavy atom. The van der Waals surface area contributed by atoms with Crippen LogP contribution < -0.4 is 5.32 Å². The summed E-state index contributed by atoms with van der Waals surface area (Å²) in [7, 11) is 0. The number of amides is 1. The summed E-state index contributed by atoms with van der Waals surface area (Å²) >= 11 is 0. The molecule has 0 aromatic rings. The number of hydrogen-bond donors (Lipinski definition) is 2. The highest BCUT2D eigenvalue weighted by Crippen LogP contribution is 2.28. The van der Waals surface area contributed by atoms with E-state index in [0.717, 1.165) is 6.42 Å². The average molecular weight is 115 g/mol. The average Bonchev–Trinajstić information content (AvgIpc) is 2.48. The van der Waals surface area contributed by atoms with Gasteiger partial charge in [0.2, 0.25) is 6.41 Å². The number of hydrogen-bond acceptors (Lipinski definition) is 2. The van der Waals surface area contributed by atoms with E-state index in [9.17, 15) is 4.79 Å². The van der Waals surface area contributed by atoms with Gasteiger partial charge in [0.05, 0.1) is 0 Å². The molecule has 0 bridgehead atoms. The maximum absolute atomic E-state index is 9.72. The van der Waals surface area contributed by atoms with Gasteiger partial charge in [-0.2, -0.15) is 0 Å². The molecule has 3 heteroatoms. The first kappa shape index (κ1) is 5.56. The fourth-order valence-electron chi connectivity index (χ4n) is 0.741. The first-order valence-electron chi connectivity index (χ1n) is 2.69. The molecule has 1 aliphatic rings. The van der Waals surface area contributed by atoms with Gasteiger partial charge in [-0.25, -0.2) is 0 Å². The summed E-state index contributed by atoms with van der Waals surface area (Å²) in [5, 5.41) is 11.0. The molecule has 1 fully saturated rings. The van der Waals surface area contributed by atoms with Crippen LogP contribution in [0.1, 0.15) is 6.42 Å². The second kappa shape index (κ2) is 2.13. The molecule has 0 saturated heterocycles. The van der Waals surface area contributed by atoms with Crippen molar-refractivity contribution in [2.75, 3.05) is 6.61 Å². The summed E-state index contributed by atoms with van der Waals surface area (Å²) in [4.78, 5) is 9.72. The zero-order chi connectivity index (χ0) is 5.98. The molecule has 3 nitrogen and oxygen atoms in total. The van der Waals surface area contributed by atoms with Crippen molar-refractivity contribution < 1.29 is 9.90 Å². The SMILES string of the molecule is O=CN[C@@H]1CC1CO. The second-order valence-electron chi connectivity index (χ2n) is 2.07. The van der Waals surface area contributed by atoms with Gasteiger partial charge in [-0.1, -0.05) is 0 Å². The van der Waals surface area contributed by atoms with E-state index in [1.54, 1.807) is 0 Å². The zero-order valence-corrected chi connectivity index (χ0v) is 4.50. The molecule has 1 rings (SSSR count). The molecule has 46 valence electrons. The first-order valence-corrected chi connectivity index (χ1v) is 2.69. The smallest absolute Gasteiger partial charge is 0.207 e. The monoisotopic (exact) mass is 115 g/mol. The zero-order valence-electron chi connectivity index (χ0n) is 4.50. The third kappa shape index (κ3) is 0.980. The molecule has 8 heavy (non-hydrogen) atoms. The molecule has 2 N–H and O–H groups in total. The van der Waals surface area contributed by atoms with Gasteiger partial charge in [-0.15, -0.1) is 0 Å². The summed E-state index contributed by atoms with van der Waals surface area (Å²) in [5.74, 6) is 0.334. The topological polar surface area (TPSA) is 49.3 Å². The summed E-state index contributed by atoms with van der Waals surface area (Å²) in [6, 6.07) is 0.262. The van der Waals surface area contributed by atoms with E-state index >= 15 is 0 Å². The highest BCUT2D eigenvalue weighted by molar-refractivity contribution is 5.47. The third-order valence-corrected chi connectivity index (χ3v) is 1.44. The quantitative estimate of drug-likeness (QED) is 0.469. The van der Waals surface area contributed by atoms with Crippen LogP contribution in [-0.4, -0.2) is 24.2 Å². The van der Waals surface area contributed by atoms with Crippen molar-refractivity contribution in [3.63, 3.8) is 0 Å². The molecule has 0 heterocycles. The van der Waals surface area contributed by atoms with Gasteiger partial charge in [-0.05, 0) is 6.42 Å². The van der Waals surface area contributed by atoms with Crippen LogP contribution in [0.15, 0.2) is 0 Å². The van der Waals surface area contributed by atoms with Crippen molar-refractivity contribution in [1.82, 2.24) is 5.32 Å². The lowest BCUT2D eigenvalue weighted by molar-refractivity contribution is -0.109. The number of nitrogens with one attached hydrogen (secondary N) is 1. The maximum Gasteiger partial charge on any atom is 0.207 e. The van der Waals surface area contributed by atoms with Crippen molar-refractivity contribution in [3.05, 3.63) is 0 Å². The van der Waals surface area contributed by atoms with Crippen molar-refractivity contribution in [3.8, 4) is 0 Å². The minimum atomic E-state index is 0.200. The van der Waals surface area contributed by atoms with Gasteiger partial charge >= 0.3 is 0 Å². The van der Waals surface area contributed by atoms with Crippen LogP contribution in [0.25, 0.3) is 0 Å². The Morgan fingerprint density at radius 2 is 2.62 bits per heavy atom. The van der Waals surface area contributed by atoms with Crippen molar-refractivity contribution >= 4 is 6.41 Å². The predicted octanol–water partition coefficient (Wildman–Crippen LogP) is -0.887. The van der Waals surface area contributed by atoms with E-state index in [4.69, 9.17) is 5.11 Å². The standard InChI is InChI=1S/C5H9NO2/c7-2-4-1-5(4)6-3-8/h3-5,7H,1-2H2,(H,6,8)/t4?,5-/m1/s1. The fraction of sp³-hybridized carbons (Fsp3) is 0.800. The number of aliphatic hydroxyl groups is 1. The molecular weight excluding hydrogens is 106 g/mol. The van der Waals surface area contributed by atoms with Crippen LogP contribution in [0.3, 0.4) is 0 Å². The minimum Gasteiger partial charge on any atom is -0.396 e. The number of rotatable bonds is 3. The molecule has 1 unspecified atom stereocenters. The molecule has 0 aromatic heterocycles. The summed E-state index contributed by atoms with van der Waals surface area (Å²) in [6.07, 6.45) is 1.62. The van der Waals surface area contributed by atoms with Crippen LogP contribution in [0.5, 0.6) is 0 Å². The van der Waals surface area contributed by atoms with Crippen LogP contribution in [0, 0.1) is 5.92 Å². The Labute approximate surface area is 47.7 Å². The molecule has 1 saturated carbocycles. The van der Waals surface area contributed by atoms with Gasteiger partial charge in [0.1, 0.15) is 0 Å². The Kier molecular flexibility index (Phi) is 1.48. The predicted molar refractivity (Wildman–Crippen MR) is 28.2 cm³/mol. The number of aliphatic hydroxyl groups excluding tert-OH is 1. The van der Waals surface area contributed by atoms with Crippen LogP contribution in [0.2, 0.25) is 0 Å².